The number of nitrogens with one attached hydrogen (secondary N) is 2. The minimum Gasteiger partial charge on any atom is -0.376 e. The number of amides is 1. The Morgan fingerprint density at radius 2 is 1.73 bits per heavy atom. The maximum absolute atomic E-state index is 12.1. The molecule has 2 aromatic carbocycles. The van der Waals surface area contributed by atoms with Gasteiger partial charge in [-0.25, -0.2) is 0 Å². The second-order valence-electron chi connectivity index (χ2n) is 5.80. The number of carbonyl (C=O) groups excluding carboxylic acids is 1. The highest BCUT2D eigenvalue weighted by molar-refractivity contribution is 5.81. The molecule has 116 valence electrons. The molecule has 0 saturated heterocycles. The smallest absolute Gasteiger partial charge is 0.239 e. The molecule has 0 aromatic heterocycles. The Bertz CT molecular complexity index is 664. The zero-order valence-corrected chi connectivity index (χ0v) is 13.7. The summed E-state index contributed by atoms with van der Waals surface area (Å²) in [5, 5.41) is 6.21. The fourth-order valence-corrected chi connectivity index (χ4v) is 2.36. The monoisotopic (exact) mass is 296 g/mol. The number of rotatable bonds is 5. The van der Waals surface area contributed by atoms with E-state index in [1.165, 1.54) is 11.1 Å². The van der Waals surface area contributed by atoms with Gasteiger partial charge in [0.2, 0.25) is 5.91 Å². The normalized spacial score (nSPS) is 11.8. The van der Waals surface area contributed by atoms with Gasteiger partial charge in [-0.1, -0.05) is 36.4 Å². The fraction of sp³-hybridized carbons (Fsp3) is 0.316. The third-order valence-electron chi connectivity index (χ3n) is 3.99. The zero-order valence-electron chi connectivity index (χ0n) is 13.7. The Hall–Kier alpha value is -2.29. The van der Waals surface area contributed by atoms with Crippen LogP contribution in [0.15, 0.2) is 42.5 Å². The zero-order chi connectivity index (χ0) is 16.1. The quantitative estimate of drug-likeness (QED) is 0.878. The van der Waals surface area contributed by atoms with Gasteiger partial charge in [0.15, 0.2) is 0 Å². The van der Waals surface area contributed by atoms with E-state index in [-0.39, 0.29) is 18.5 Å². The van der Waals surface area contributed by atoms with Crippen molar-refractivity contribution in [1.82, 2.24) is 5.32 Å². The third-order valence-corrected chi connectivity index (χ3v) is 3.99. The van der Waals surface area contributed by atoms with Crippen molar-refractivity contribution in [3.8, 4) is 0 Å². The Morgan fingerprint density at radius 3 is 2.41 bits per heavy atom. The number of para-hydroxylation sites is 1. The van der Waals surface area contributed by atoms with Gasteiger partial charge in [-0.15, -0.1) is 0 Å². The van der Waals surface area contributed by atoms with Gasteiger partial charge >= 0.3 is 0 Å². The first-order valence-electron chi connectivity index (χ1n) is 7.63. The summed E-state index contributed by atoms with van der Waals surface area (Å²) in [6, 6.07) is 14.3. The Kier molecular flexibility index (Phi) is 5.21. The predicted molar refractivity (Wildman–Crippen MR) is 92.1 cm³/mol. The van der Waals surface area contributed by atoms with Gasteiger partial charge in [0.25, 0.3) is 0 Å². The molecule has 3 nitrogen and oxygen atoms in total. The van der Waals surface area contributed by atoms with Crippen molar-refractivity contribution in [1.29, 1.82) is 0 Å². The van der Waals surface area contributed by atoms with Crippen LogP contribution in [0.3, 0.4) is 0 Å². The van der Waals surface area contributed by atoms with Crippen LogP contribution in [-0.2, 0) is 4.79 Å². The van der Waals surface area contributed by atoms with Crippen LogP contribution in [-0.4, -0.2) is 12.5 Å². The van der Waals surface area contributed by atoms with Gasteiger partial charge in [0, 0.05) is 5.69 Å². The van der Waals surface area contributed by atoms with Crippen molar-refractivity contribution in [3.63, 3.8) is 0 Å². The highest BCUT2D eigenvalue weighted by atomic mass is 16.1. The van der Waals surface area contributed by atoms with Crippen molar-refractivity contribution in [2.24, 2.45) is 0 Å². The van der Waals surface area contributed by atoms with Gasteiger partial charge in [-0.05, 0) is 56.0 Å². The summed E-state index contributed by atoms with van der Waals surface area (Å²) in [7, 11) is 0. The number of benzene rings is 2. The maximum Gasteiger partial charge on any atom is 0.239 e. The molecule has 2 N–H and O–H groups in total. The van der Waals surface area contributed by atoms with Crippen LogP contribution in [0.1, 0.15) is 35.2 Å². The first-order valence-corrected chi connectivity index (χ1v) is 7.63. The standard InChI is InChI=1S/C19H24N2O/c1-13-9-10-17(11-15(13)3)16(4)21-19(22)12-20-18-8-6-5-7-14(18)2/h5-11,16,20H,12H2,1-4H3,(H,21,22). The van der Waals surface area contributed by atoms with Crippen molar-refractivity contribution in [2.75, 3.05) is 11.9 Å². The minimum absolute atomic E-state index is 0.00507. The lowest BCUT2D eigenvalue weighted by atomic mass is 10.0. The highest BCUT2D eigenvalue weighted by Crippen LogP contribution is 2.17. The number of hydrogen-bond donors (Lipinski definition) is 2. The fourth-order valence-electron chi connectivity index (χ4n) is 2.36. The van der Waals surface area contributed by atoms with Crippen LogP contribution in [0.4, 0.5) is 5.69 Å². The average molecular weight is 296 g/mol. The molecule has 0 spiro atoms. The number of anilines is 1. The first-order chi connectivity index (χ1) is 10.5. The van der Waals surface area contributed by atoms with E-state index in [9.17, 15) is 4.79 Å². The van der Waals surface area contributed by atoms with Gasteiger partial charge < -0.3 is 10.6 Å². The lowest BCUT2D eigenvalue weighted by Crippen LogP contribution is -2.32. The molecule has 0 aliphatic heterocycles. The van der Waals surface area contributed by atoms with E-state index >= 15 is 0 Å². The van der Waals surface area contributed by atoms with Crippen molar-refractivity contribution in [3.05, 3.63) is 64.7 Å². The van der Waals surface area contributed by atoms with E-state index in [1.807, 2.05) is 38.1 Å². The third kappa shape index (κ3) is 4.10. The summed E-state index contributed by atoms with van der Waals surface area (Å²) in [6.07, 6.45) is 0. The molecule has 0 saturated carbocycles. The van der Waals surface area contributed by atoms with E-state index in [4.69, 9.17) is 0 Å². The van der Waals surface area contributed by atoms with Crippen molar-refractivity contribution < 1.29 is 4.79 Å². The van der Waals surface area contributed by atoms with E-state index in [0.717, 1.165) is 16.8 Å². The molecule has 0 fully saturated rings. The van der Waals surface area contributed by atoms with Gasteiger partial charge in [0.05, 0.1) is 12.6 Å². The molecule has 1 atom stereocenters. The average Bonchev–Trinajstić information content (AvgIpc) is 2.49. The van der Waals surface area contributed by atoms with Crippen LogP contribution >= 0.6 is 0 Å². The van der Waals surface area contributed by atoms with Crippen molar-refractivity contribution >= 4 is 11.6 Å². The second-order valence-corrected chi connectivity index (χ2v) is 5.80. The van der Waals surface area contributed by atoms with Crippen LogP contribution in [0.2, 0.25) is 0 Å². The van der Waals surface area contributed by atoms with Gasteiger partial charge in [-0.3, -0.25) is 4.79 Å². The van der Waals surface area contributed by atoms with Crippen molar-refractivity contribution in [2.45, 2.75) is 33.7 Å². The molecule has 22 heavy (non-hydrogen) atoms. The summed E-state index contributed by atoms with van der Waals surface area (Å²) >= 11 is 0. The van der Waals surface area contributed by atoms with E-state index in [1.54, 1.807) is 0 Å². The van der Waals surface area contributed by atoms with E-state index in [2.05, 4.69) is 42.7 Å². The molecule has 2 rings (SSSR count). The number of carbonyl (C=O) groups is 1. The van der Waals surface area contributed by atoms with E-state index in [0.29, 0.717) is 0 Å². The lowest BCUT2D eigenvalue weighted by molar-refractivity contribution is -0.120. The predicted octanol–water partition coefficient (Wildman–Crippen LogP) is 3.90. The topological polar surface area (TPSA) is 41.1 Å². The number of hydrogen-bond acceptors (Lipinski definition) is 2. The molecule has 0 heterocycles. The van der Waals surface area contributed by atoms with Crippen LogP contribution in [0.25, 0.3) is 0 Å². The Morgan fingerprint density at radius 1 is 1.00 bits per heavy atom. The second kappa shape index (κ2) is 7.12. The Balaban J connectivity index is 1.91. The van der Waals surface area contributed by atoms with Crippen LogP contribution in [0, 0.1) is 20.8 Å². The Labute approximate surface area is 132 Å². The van der Waals surface area contributed by atoms with E-state index < -0.39 is 0 Å². The summed E-state index contributed by atoms with van der Waals surface area (Å²) in [5.41, 5.74) is 5.78. The maximum atomic E-state index is 12.1. The van der Waals surface area contributed by atoms with Gasteiger partial charge in [0.1, 0.15) is 0 Å². The molecular weight excluding hydrogens is 272 g/mol. The number of aryl methyl sites for hydroxylation is 3. The summed E-state index contributed by atoms with van der Waals surface area (Å²) in [6.45, 7) is 8.50. The molecule has 2 aromatic rings. The van der Waals surface area contributed by atoms with Crippen LogP contribution < -0.4 is 10.6 Å². The summed E-state index contributed by atoms with van der Waals surface area (Å²) in [5.74, 6) is -0.00557. The summed E-state index contributed by atoms with van der Waals surface area (Å²) in [4.78, 5) is 12.1. The molecule has 0 aliphatic rings. The summed E-state index contributed by atoms with van der Waals surface area (Å²) < 4.78 is 0. The molecule has 0 aliphatic carbocycles. The molecular formula is C19H24N2O. The largest absolute Gasteiger partial charge is 0.376 e. The first kappa shape index (κ1) is 16.1. The SMILES string of the molecule is Cc1ccc(C(C)NC(=O)CNc2ccccc2C)cc1C. The van der Waals surface area contributed by atoms with Gasteiger partial charge in [-0.2, -0.15) is 0 Å². The molecule has 1 unspecified atom stereocenters. The minimum atomic E-state index is -0.00557. The molecule has 3 heteroatoms. The molecule has 0 radical (unpaired) electrons. The molecule has 1 amide bonds. The molecule has 0 bridgehead atoms. The highest BCUT2D eigenvalue weighted by Gasteiger charge is 2.10. The van der Waals surface area contributed by atoms with Crippen LogP contribution in [0.5, 0.6) is 0 Å². The lowest BCUT2D eigenvalue weighted by Gasteiger charge is -2.16.